The zero-order valence-corrected chi connectivity index (χ0v) is 11.0. The second-order valence-corrected chi connectivity index (χ2v) is 4.70. The van der Waals surface area contributed by atoms with Crippen LogP contribution in [0.2, 0.25) is 0 Å². The summed E-state index contributed by atoms with van der Waals surface area (Å²) in [6.07, 6.45) is -0.555. The quantitative estimate of drug-likeness (QED) is 0.919. The molecule has 0 aliphatic carbocycles. The zero-order valence-electron chi connectivity index (χ0n) is 11.0. The van der Waals surface area contributed by atoms with E-state index in [1.54, 1.807) is 23.0 Å². The third-order valence-electron chi connectivity index (χ3n) is 2.86. The van der Waals surface area contributed by atoms with Crippen LogP contribution in [0, 0.1) is 0 Å². The van der Waals surface area contributed by atoms with Crippen LogP contribution in [0.15, 0.2) is 24.5 Å². The van der Waals surface area contributed by atoms with Gasteiger partial charge in [0.25, 0.3) is 0 Å². The second-order valence-electron chi connectivity index (χ2n) is 4.70. The number of hydrogen-bond acceptors (Lipinski definition) is 3. The van der Waals surface area contributed by atoms with Crippen LogP contribution in [0.1, 0.15) is 12.5 Å². The highest BCUT2D eigenvalue weighted by atomic mass is 19.4. The highest BCUT2D eigenvalue weighted by Gasteiger charge is 2.28. The molecule has 0 aliphatic rings. The van der Waals surface area contributed by atoms with E-state index in [4.69, 9.17) is 5.73 Å². The Hall–Kier alpha value is -1.60. The van der Waals surface area contributed by atoms with Crippen LogP contribution >= 0.6 is 0 Å². The first-order valence-corrected chi connectivity index (χ1v) is 6.26. The molecule has 0 amide bonds. The standard InChI is InChI=1S/C13H16F3N3O/c1-9(17)7-10-8-19(5-6-20-13(14,15)16)12-11(10)3-2-4-18-12/h2-4,8-9H,5-7,17H2,1H3. The van der Waals surface area contributed by atoms with Crippen molar-refractivity contribution < 1.29 is 17.9 Å². The van der Waals surface area contributed by atoms with Crippen LogP contribution in [0.5, 0.6) is 0 Å². The van der Waals surface area contributed by atoms with Crippen LogP contribution in [0.4, 0.5) is 13.2 Å². The summed E-state index contributed by atoms with van der Waals surface area (Å²) in [4.78, 5) is 4.21. The summed E-state index contributed by atoms with van der Waals surface area (Å²) in [6.45, 7) is 1.53. The number of ether oxygens (including phenoxy) is 1. The molecule has 20 heavy (non-hydrogen) atoms. The molecule has 0 saturated heterocycles. The third-order valence-corrected chi connectivity index (χ3v) is 2.86. The van der Waals surface area contributed by atoms with Crippen LogP contribution in [-0.4, -0.2) is 28.6 Å². The number of pyridine rings is 1. The molecule has 0 spiro atoms. The Balaban J connectivity index is 2.20. The van der Waals surface area contributed by atoms with Gasteiger partial charge in [0, 0.05) is 30.4 Å². The molecule has 0 aromatic carbocycles. The monoisotopic (exact) mass is 287 g/mol. The van der Waals surface area contributed by atoms with Crippen molar-refractivity contribution >= 4 is 11.0 Å². The Morgan fingerprint density at radius 1 is 1.45 bits per heavy atom. The predicted octanol–water partition coefficient (Wildman–Crippen LogP) is 2.46. The molecule has 110 valence electrons. The van der Waals surface area contributed by atoms with Crippen molar-refractivity contribution in [3.63, 3.8) is 0 Å². The smallest absolute Gasteiger partial charge is 0.330 e. The SMILES string of the molecule is CC(N)Cc1cn(CCOC(F)(F)F)c2ncccc12. The lowest BCUT2D eigenvalue weighted by Crippen LogP contribution is -2.18. The van der Waals surface area contributed by atoms with Crippen molar-refractivity contribution in [3.05, 3.63) is 30.1 Å². The Labute approximate surface area is 114 Å². The van der Waals surface area contributed by atoms with Gasteiger partial charge in [0.1, 0.15) is 5.65 Å². The molecule has 2 aromatic heterocycles. The van der Waals surface area contributed by atoms with Crippen molar-refractivity contribution in [3.8, 4) is 0 Å². The fourth-order valence-corrected chi connectivity index (χ4v) is 2.13. The summed E-state index contributed by atoms with van der Waals surface area (Å²) in [6, 6.07) is 3.66. The molecule has 2 N–H and O–H groups in total. The van der Waals surface area contributed by atoms with Gasteiger partial charge in [-0.3, -0.25) is 4.74 Å². The maximum absolute atomic E-state index is 12.0. The Morgan fingerprint density at radius 3 is 2.85 bits per heavy atom. The lowest BCUT2D eigenvalue weighted by molar-refractivity contribution is -0.325. The summed E-state index contributed by atoms with van der Waals surface area (Å²) < 4.78 is 41.4. The Bertz CT molecular complexity index is 578. The van der Waals surface area contributed by atoms with E-state index in [0.29, 0.717) is 12.1 Å². The molecule has 0 fully saturated rings. The number of halogens is 3. The number of hydrogen-bond donors (Lipinski definition) is 1. The zero-order chi connectivity index (χ0) is 14.8. The van der Waals surface area contributed by atoms with Gasteiger partial charge in [-0.05, 0) is 31.0 Å². The molecule has 2 rings (SSSR count). The van der Waals surface area contributed by atoms with Gasteiger partial charge >= 0.3 is 6.36 Å². The van der Waals surface area contributed by atoms with Crippen LogP contribution in [0.25, 0.3) is 11.0 Å². The summed E-state index contributed by atoms with van der Waals surface area (Å²) in [5.41, 5.74) is 7.41. The first kappa shape index (κ1) is 14.8. The Morgan fingerprint density at radius 2 is 2.20 bits per heavy atom. The van der Waals surface area contributed by atoms with E-state index < -0.39 is 13.0 Å². The molecule has 2 heterocycles. The van der Waals surface area contributed by atoms with E-state index in [-0.39, 0.29) is 12.6 Å². The van der Waals surface area contributed by atoms with E-state index in [9.17, 15) is 13.2 Å². The van der Waals surface area contributed by atoms with Crippen molar-refractivity contribution in [1.29, 1.82) is 0 Å². The van der Waals surface area contributed by atoms with E-state index >= 15 is 0 Å². The predicted molar refractivity (Wildman–Crippen MR) is 69.1 cm³/mol. The van der Waals surface area contributed by atoms with Gasteiger partial charge in [-0.2, -0.15) is 0 Å². The highest BCUT2D eigenvalue weighted by Crippen LogP contribution is 2.21. The van der Waals surface area contributed by atoms with Crippen molar-refractivity contribution in [1.82, 2.24) is 9.55 Å². The third kappa shape index (κ3) is 3.71. The molecule has 2 aromatic rings. The summed E-state index contributed by atoms with van der Waals surface area (Å²) in [5, 5.41) is 0.914. The minimum absolute atomic E-state index is 0.0271. The number of alkyl halides is 3. The number of nitrogens with zero attached hydrogens (tertiary/aromatic N) is 2. The fourth-order valence-electron chi connectivity index (χ4n) is 2.13. The van der Waals surface area contributed by atoms with Gasteiger partial charge in [-0.25, -0.2) is 4.98 Å². The van der Waals surface area contributed by atoms with Gasteiger partial charge in [-0.1, -0.05) is 0 Å². The van der Waals surface area contributed by atoms with Gasteiger partial charge < -0.3 is 10.3 Å². The van der Waals surface area contributed by atoms with Gasteiger partial charge in [0.05, 0.1) is 6.61 Å². The topological polar surface area (TPSA) is 53.1 Å². The highest BCUT2D eigenvalue weighted by molar-refractivity contribution is 5.80. The first-order chi connectivity index (χ1) is 9.37. The average Bonchev–Trinajstić information content (AvgIpc) is 2.66. The molecule has 0 radical (unpaired) electrons. The molecule has 0 saturated carbocycles. The largest absolute Gasteiger partial charge is 0.522 e. The summed E-state index contributed by atoms with van der Waals surface area (Å²) in [7, 11) is 0. The lowest BCUT2D eigenvalue weighted by atomic mass is 10.1. The van der Waals surface area contributed by atoms with E-state index in [1.165, 1.54) is 0 Å². The minimum atomic E-state index is -4.61. The number of fused-ring (bicyclic) bond motifs is 1. The second kappa shape index (κ2) is 5.80. The van der Waals surface area contributed by atoms with Gasteiger partial charge in [-0.15, -0.1) is 13.2 Å². The van der Waals surface area contributed by atoms with E-state index in [0.717, 1.165) is 10.9 Å². The maximum atomic E-state index is 12.0. The molecule has 7 heteroatoms. The molecule has 4 nitrogen and oxygen atoms in total. The summed E-state index contributed by atoms with van der Waals surface area (Å²) in [5.74, 6) is 0. The normalized spacial score (nSPS) is 13.8. The lowest BCUT2D eigenvalue weighted by Gasteiger charge is -2.08. The first-order valence-electron chi connectivity index (χ1n) is 6.26. The molecule has 1 unspecified atom stereocenters. The molecule has 0 aliphatic heterocycles. The molecular formula is C13H16F3N3O. The number of aromatic nitrogens is 2. The van der Waals surface area contributed by atoms with Crippen molar-refractivity contribution in [2.75, 3.05) is 6.61 Å². The van der Waals surface area contributed by atoms with E-state index in [2.05, 4.69) is 9.72 Å². The Kier molecular flexibility index (Phi) is 4.29. The average molecular weight is 287 g/mol. The van der Waals surface area contributed by atoms with Crippen LogP contribution in [-0.2, 0) is 17.7 Å². The number of rotatable bonds is 5. The van der Waals surface area contributed by atoms with Crippen LogP contribution < -0.4 is 5.73 Å². The number of nitrogens with two attached hydrogens (primary N) is 1. The van der Waals surface area contributed by atoms with Gasteiger partial charge in [0.2, 0.25) is 0 Å². The molecular weight excluding hydrogens is 271 g/mol. The van der Waals surface area contributed by atoms with Crippen LogP contribution in [0.3, 0.4) is 0 Å². The fraction of sp³-hybridized carbons (Fsp3) is 0.462. The van der Waals surface area contributed by atoms with Gasteiger partial charge in [0.15, 0.2) is 0 Å². The maximum Gasteiger partial charge on any atom is 0.522 e. The van der Waals surface area contributed by atoms with E-state index in [1.807, 2.05) is 13.0 Å². The molecule has 1 atom stereocenters. The minimum Gasteiger partial charge on any atom is -0.330 e. The molecule has 0 bridgehead atoms. The van der Waals surface area contributed by atoms with Crippen molar-refractivity contribution in [2.45, 2.75) is 32.3 Å². The summed E-state index contributed by atoms with van der Waals surface area (Å²) >= 11 is 0. The van der Waals surface area contributed by atoms with Crippen molar-refractivity contribution in [2.24, 2.45) is 5.73 Å².